The summed E-state index contributed by atoms with van der Waals surface area (Å²) in [6.45, 7) is 4.25. The van der Waals surface area contributed by atoms with E-state index < -0.39 is 0 Å². The van der Waals surface area contributed by atoms with E-state index in [4.69, 9.17) is 4.74 Å². The maximum Gasteiger partial charge on any atom is 0.319 e. The fourth-order valence-corrected chi connectivity index (χ4v) is 6.34. The number of aryl methyl sites for hydroxylation is 1. The highest BCUT2D eigenvalue weighted by atomic mass is 32.2. The zero-order chi connectivity index (χ0) is 18.1. The Morgan fingerprint density at radius 2 is 2.08 bits per heavy atom. The van der Waals surface area contributed by atoms with Gasteiger partial charge in [0.05, 0.1) is 0 Å². The molecular weight excluding hydrogens is 364 g/mol. The predicted molar refractivity (Wildman–Crippen MR) is 107 cm³/mol. The number of esters is 1. The SMILES string of the molecule is C[C@@H]1CCc2c(sc3ncnc(S[C@@H](C)C(=O)OC4CCCCC4)c23)C1. The van der Waals surface area contributed by atoms with Crippen molar-refractivity contribution in [1.82, 2.24) is 9.97 Å². The summed E-state index contributed by atoms with van der Waals surface area (Å²) in [6.07, 6.45) is 10.8. The van der Waals surface area contributed by atoms with Gasteiger partial charge in [0, 0.05) is 10.3 Å². The molecule has 1 saturated carbocycles. The normalized spacial score (nSPS) is 22.2. The van der Waals surface area contributed by atoms with Crippen molar-refractivity contribution in [2.24, 2.45) is 5.92 Å². The van der Waals surface area contributed by atoms with Crippen molar-refractivity contribution in [3.8, 4) is 0 Å². The van der Waals surface area contributed by atoms with E-state index >= 15 is 0 Å². The lowest BCUT2D eigenvalue weighted by Crippen LogP contribution is -2.26. The number of thiophene rings is 1. The minimum absolute atomic E-state index is 0.105. The van der Waals surface area contributed by atoms with Gasteiger partial charge in [0.1, 0.15) is 27.5 Å². The largest absolute Gasteiger partial charge is 0.462 e. The molecule has 0 amide bonds. The average molecular weight is 391 g/mol. The number of fused-ring (bicyclic) bond motifs is 3. The Kier molecular flexibility index (Phi) is 5.50. The molecule has 0 saturated heterocycles. The maximum absolute atomic E-state index is 12.5. The van der Waals surface area contributed by atoms with Gasteiger partial charge < -0.3 is 4.74 Å². The Morgan fingerprint density at radius 1 is 1.27 bits per heavy atom. The van der Waals surface area contributed by atoms with E-state index in [9.17, 15) is 4.79 Å². The van der Waals surface area contributed by atoms with Crippen molar-refractivity contribution in [3.05, 3.63) is 16.8 Å². The molecule has 0 N–H and O–H groups in total. The Hall–Kier alpha value is -1.14. The van der Waals surface area contributed by atoms with Crippen LogP contribution < -0.4 is 0 Å². The summed E-state index contributed by atoms with van der Waals surface area (Å²) in [5.41, 5.74) is 1.42. The molecule has 2 aliphatic rings. The molecule has 0 radical (unpaired) electrons. The first-order chi connectivity index (χ1) is 12.6. The molecule has 4 nitrogen and oxygen atoms in total. The van der Waals surface area contributed by atoms with Crippen molar-refractivity contribution in [1.29, 1.82) is 0 Å². The molecule has 1 fully saturated rings. The lowest BCUT2D eigenvalue weighted by molar-refractivity contribution is -0.149. The van der Waals surface area contributed by atoms with Crippen LogP contribution in [0.4, 0.5) is 0 Å². The van der Waals surface area contributed by atoms with E-state index in [-0.39, 0.29) is 17.3 Å². The summed E-state index contributed by atoms with van der Waals surface area (Å²) in [7, 11) is 0. The highest BCUT2D eigenvalue weighted by molar-refractivity contribution is 8.00. The summed E-state index contributed by atoms with van der Waals surface area (Å²) >= 11 is 3.33. The maximum atomic E-state index is 12.5. The molecule has 2 aromatic heterocycles. The van der Waals surface area contributed by atoms with Crippen LogP contribution in [0.3, 0.4) is 0 Å². The number of carbonyl (C=O) groups is 1. The molecule has 2 aliphatic carbocycles. The first-order valence-electron chi connectivity index (χ1n) is 9.74. The van der Waals surface area contributed by atoms with Crippen LogP contribution in [-0.4, -0.2) is 27.3 Å². The molecular formula is C20H26N2O2S2. The fraction of sp³-hybridized carbons (Fsp3) is 0.650. The molecule has 2 heterocycles. The second-order valence-corrected chi connectivity index (χ2v) is 10.1. The third-order valence-electron chi connectivity index (χ3n) is 5.51. The van der Waals surface area contributed by atoms with Gasteiger partial charge in [-0.1, -0.05) is 25.1 Å². The van der Waals surface area contributed by atoms with E-state index in [1.54, 1.807) is 17.7 Å². The van der Waals surface area contributed by atoms with E-state index in [1.165, 1.54) is 53.3 Å². The topological polar surface area (TPSA) is 52.1 Å². The van der Waals surface area contributed by atoms with E-state index in [1.807, 2.05) is 6.92 Å². The number of hydrogen-bond donors (Lipinski definition) is 0. The summed E-state index contributed by atoms with van der Waals surface area (Å²) in [5.74, 6) is 0.635. The van der Waals surface area contributed by atoms with Crippen LogP contribution in [0, 0.1) is 5.92 Å². The van der Waals surface area contributed by atoms with Gasteiger partial charge in [0.15, 0.2) is 0 Å². The molecule has 4 rings (SSSR count). The summed E-state index contributed by atoms with van der Waals surface area (Å²) in [5, 5.41) is 1.88. The van der Waals surface area contributed by atoms with Gasteiger partial charge >= 0.3 is 5.97 Å². The van der Waals surface area contributed by atoms with Crippen LogP contribution in [0.5, 0.6) is 0 Å². The van der Waals surface area contributed by atoms with Gasteiger partial charge in [0.2, 0.25) is 0 Å². The number of hydrogen-bond acceptors (Lipinski definition) is 6. The number of rotatable bonds is 4. The van der Waals surface area contributed by atoms with E-state index in [2.05, 4.69) is 16.9 Å². The van der Waals surface area contributed by atoms with Gasteiger partial charge in [-0.2, -0.15) is 0 Å². The molecule has 0 unspecified atom stereocenters. The van der Waals surface area contributed by atoms with Crippen molar-refractivity contribution in [3.63, 3.8) is 0 Å². The molecule has 0 bridgehead atoms. The van der Waals surface area contributed by atoms with Crippen LogP contribution in [0.2, 0.25) is 0 Å². The van der Waals surface area contributed by atoms with Crippen LogP contribution in [-0.2, 0) is 22.4 Å². The Labute approximate surface area is 163 Å². The monoisotopic (exact) mass is 390 g/mol. The van der Waals surface area contributed by atoms with E-state index in [0.717, 1.165) is 41.5 Å². The summed E-state index contributed by atoms with van der Waals surface area (Å²) in [6, 6.07) is 0. The van der Waals surface area contributed by atoms with Crippen molar-refractivity contribution in [2.45, 2.75) is 81.6 Å². The second-order valence-electron chi connectivity index (χ2n) is 7.67. The molecule has 2 aromatic rings. The van der Waals surface area contributed by atoms with Gasteiger partial charge in [-0.15, -0.1) is 11.3 Å². The van der Waals surface area contributed by atoms with Crippen molar-refractivity contribution in [2.75, 3.05) is 0 Å². The summed E-state index contributed by atoms with van der Waals surface area (Å²) < 4.78 is 5.74. The zero-order valence-electron chi connectivity index (χ0n) is 15.5. The standard InChI is InChI=1S/C20H26N2O2S2/c1-12-8-9-15-16(10-12)26-19-17(15)18(21-11-22-19)25-13(2)20(23)24-14-6-4-3-5-7-14/h11-14H,3-10H2,1-2H3/t12-,13+/m1/s1. The third-order valence-corrected chi connectivity index (χ3v) is 7.75. The number of aromatic nitrogens is 2. The first-order valence-corrected chi connectivity index (χ1v) is 11.4. The Bertz CT molecular complexity index is 798. The van der Waals surface area contributed by atoms with Crippen LogP contribution in [0.1, 0.15) is 62.8 Å². The number of ether oxygens (including phenoxy) is 1. The number of carbonyl (C=O) groups excluding carboxylic acids is 1. The van der Waals surface area contributed by atoms with Gasteiger partial charge in [-0.25, -0.2) is 9.97 Å². The molecule has 6 heteroatoms. The fourth-order valence-electron chi connectivity index (χ4n) is 3.99. The molecule has 140 valence electrons. The minimum Gasteiger partial charge on any atom is -0.462 e. The quantitative estimate of drug-likeness (QED) is 0.409. The number of thioether (sulfide) groups is 1. The Balaban J connectivity index is 1.52. The molecule has 0 spiro atoms. The van der Waals surface area contributed by atoms with Crippen LogP contribution >= 0.6 is 23.1 Å². The Morgan fingerprint density at radius 3 is 2.88 bits per heavy atom. The molecule has 26 heavy (non-hydrogen) atoms. The summed E-state index contributed by atoms with van der Waals surface area (Å²) in [4.78, 5) is 24.1. The third kappa shape index (κ3) is 3.77. The minimum atomic E-state index is -0.243. The number of nitrogens with zero attached hydrogens (tertiary/aromatic N) is 2. The lowest BCUT2D eigenvalue weighted by Gasteiger charge is -2.23. The highest BCUT2D eigenvalue weighted by Crippen LogP contribution is 2.41. The van der Waals surface area contributed by atoms with Crippen LogP contribution in [0.15, 0.2) is 11.4 Å². The van der Waals surface area contributed by atoms with Crippen molar-refractivity contribution >= 4 is 39.3 Å². The van der Waals surface area contributed by atoms with Gasteiger partial charge in [0.25, 0.3) is 0 Å². The highest BCUT2D eigenvalue weighted by Gasteiger charge is 2.27. The lowest BCUT2D eigenvalue weighted by atomic mass is 9.89. The average Bonchev–Trinajstić information content (AvgIpc) is 3.00. The molecule has 0 aliphatic heterocycles. The smallest absolute Gasteiger partial charge is 0.319 e. The van der Waals surface area contributed by atoms with Gasteiger partial charge in [-0.3, -0.25) is 4.79 Å². The molecule has 2 atom stereocenters. The zero-order valence-corrected chi connectivity index (χ0v) is 17.1. The molecule has 0 aromatic carbocycles. The van der Waals surface area contributed by atoms with Crippen molar-refractivity contribution < 1.29 is 9.53 Å². The van der Waals surface area contributed by atoms with Gasteiger partial charge in [-0.05, 0) is 63.4 Å². The predicted octanol–water partition coefficient (Wildman–Crippen LogP) is 5.17. The first kappa shape index (κ1) is 18.2. The van der Waals surface area contributed by atoms with Crippen LogP contribution in [0.25, 0.3) is 10.2 Å². The second kappa shape index (κ2) is 7.85. The van der Waals surface area contributed by atoms with E-state index in [0.29, 0.717) is 0 Å².